The van der Waals surface area contributed by atoms with Gasteiger partial charge in [-0.15, -0.1) is 0 Å². The summed E-state index contributed by atoms with van der Waals surface area (Å²) in [7, 11) is 1.71. The van der Waals surface area contributed by atoms with Crippen LogP contribution in [0.4, 0.5) is 5.82 Å². The normalized spacial score (nSPS) is 23.5. The molecule has 7 nitrogen and oxygen atoms in total. The van der Waals surface area contributed by atoms with Crippen LogP contribution in [0.2, 0.25) is 0 Å². The van der Waals surface area contributed by atoms with E-state index in [9.17, 15) is 9.59 Å². The number of carboxylic acids is 1. The third-order valence-electron chi connectivity index (χ3n) is 1.96. The first-order chi connectivity index (χ1) is 7.08. The van der Waals surface area contributed by atoms with Gasteiger partial charge in [-0.05, 0) is 0 Å². The maximum atomic E-state index is 11.4. The molecule has 1 aliphatic rings. The van der Waals surface area contributed by atoms with Crippen LogP contribution in [0.3, 0.4) is 0 Å². The Hall–Kier alpha value is -1.89. The van der Waals surface area contributed by atoms with Crippen LogP contribution in [-0.4, -0.2) is 39.0 Å². The van der Waals surface area contributed by atoms with E-state index in [1.54, 1.807) is 19.3 Å². The van der Waals surface area contributed by atoms with Crippen LogP contribution < -0.4 is 5.32 Å². The molecule has 0 aromatic carbocycles. The molecule has 2 heterocycles. The van der Waals surface area contributed by atoms with E-state index in [1.165, 1.54) is 4.68 Å². The summed E-state index contributed by atoms with van der Waals surface area (Å²) >= 11 is 0. The molecule has 1 aromatic heterocycles. The van der Waals surface area contributed by atoms with Gasteiger partial charge in [0.1, 0.15) is 0 Å². The van der Waals surface area contributed by atoms with E-state index >= 15 is 0 Å². The Morgan fingerprint density at radius 2 is 2.33 bits per heavy atom. The number of amides is 1. The van der Waals surface area contributed by atoms with Gasteiger partial charge in [0.25, 0.3) is 5.91 Å². The molecule has 1 amide bonds. The van der Waals surface area contributed by atoms with Gasteiger partial charge in [0, 0.05) is 19.3 Å². The van der Waals surface area contributed by atoms with Crippen LogP contribution in [0.25, 0.3) is 0 Å². The highest BCUT2D eigenvalue weighted by Crippen LogP contribution is 2.23. The lowest BCUT2D eigenvalue weighted by Crippen LogP contribution is -2.22. The lowest BCUT2D eigenvalue weighted by atomic mass is 10.3. The van der Waals surface area contributed by atoms with Crippen molar-refractivity contribution in [2.24, 2.45) is 7.05 Å². The molecular formula is C8H9N3O4. The van der Waals surface area contributed by atoms with Crippen molar-refractivity contribution < 1.29 is 19.4 Å². The fourth-order valence-corrected chi connectivity index (χ4v) is 1.18. The van der Waals surface area contributed by atoms with Crippen molar-refractivity contribution in [2.45, 2.75) is 12.2 Å². The number of carbonyl (C=O) groups is 2. The first kappa shape index (κ1) is 9.66. The molecule has 2 unspecified atom stereocenters. The summed E-state index contributed by atoms with van der Waals surface area (Å²) in [5.74, 6) is -1.24. The topological polar surface area (TPSA) is 96.8 Å². The molecule has 2 atom stereocenters. The van der Waals surface area contributed by atoms with Gasteiger partial charge in [-0.2, -0.15) is 5.10 Å². The summed E-state index contributed by atoms with van der Waals surface area (Å²) in [6.45, 7) is 0. The van der Waals surface area contributed by atoms with Gasteiger partial charge >= 0.3 is 5.97 Å². The Morgan fingerprint density at radius 1 is 1.60 bits per heavy atom. The Morgan fingerprint density at radius 3 is 2.80 bits per heavy atom. The van der Waals surface area contributed by atoms with Crippen molar-refractivity contribution in [3.05, 3.63) is 12.3 Å². The number of epoxide rings is 1. The number of carboxylic acid groups (broad SMARTS) is 1. The quantitative estimate of drug-likeness (QED) is 0.638. The zero-order chi connectivity index (χ0) is 11.0. The molecule has 1 aromatic rings. The molecule has 2 N–H and O–H groups in total. The number of hydrogen-bond acceptors (Lipinski definition) is 4. The van der Waals surface area contributed by atoms with Gasteiger partial charge in [-0.3, -0.25) is 9.48 Å². The third-order valence-corrected chi connectivity index (χ3v) is 1.96. The second kappa shape index (κ2) is 3.35. The van der Waals surface area contributed by atoms with Crippen molar-refractivity contribution in [3.63, 3.8) is 0 Å². The molecule has 0 saturated carbocycles. The molecule has 2 rings (SSSR count). The molecule has 1 saturated heterocycles. The van der Waals surface area contributed by atoms with Crippen molar-refractivity contribution in [1.82, 2.24) is 9.78 Å². The minimum absolute atomic E-state index is 0.377. The third kappa shape index (κ3) is 1.96. The number of hydrogen-bond donors (Lipinski definition) is 2. The highest BCUT2D eigenvalue weighted by Gasteiger charge is 2.50. The van der Waals surface area contributed by atoms with E-state index in [-0.39, 0.29) is 0 Å². The van der Waals surface area contributed by atoms with Crippen molar-refractivity contribution in [3.8, 4) is 0 Å². The Labute approximate surface area is 84.6 Å². The standard InChI is InChI=1S/C8H9N3O4/c1-11-3-2-4(10-11)9-7(12)5-6(15-5)8(13)14/h2-3,5-6H,1H3,(H,13,14)(H,9,10,12). The molecule has 0 aliphatic carbocycles. The molecule has 0 spiro atoms. The van der Waals surface area contributed by atoms with Gasteiger partial charge in [0.2, 0.25) is 0 Å². The first-order valence-corrected chi connectivity index (χ1v) is 4.26. The minimum Gasteiger partial charge on any atom is -0.479 e. The van der Waals surface area contributed by atoms with Gasteiger partial charge in [0.15, 0.2) is 18.0 Å². The summed E-state index contributed by atoms with van der Waals surface area (Å²) in [6, 6.07) is 1.61. The Balaban J connectivity index is 1.92. The van der Waals surface area contributed by atoms with Crippen LogP contribution in [0, 0.1) is 0 Å². The van der Waals surface area contributed by atoms with E-state index in [1.807, 2.05) is 0 Å². The molecule has 1 aliphatic heterocycles. The second-order valence-electron chi connectivity index (χ2n) is 3.18. The predicted molar refractivity (Wildman–Crippen MR) is 48.1 cm³/mol. The summed E-state index contributed by atoms with van der Waals surface area (Å²) in [5, 5.41) is 14.9. The van der Waals surface area contributed by atoms with Gasteiger partial charge in [-0.1, -0.05) is 0 Å². The van der Waals surface area contributed by atoms with E-state index in [0.29, 0.717) is 5.82 Å². The van der Waals surface area contributed by atoms with Gasteiger partial charge < -0.3 is 15.2 Å². The number of ether oxygens (including phenoxy) is 1. The van der Waals surface area contributed by atoms with Crippen LogP contribution >= 0.6 is 0 Å². The fourth-order valence-electron chi connectivity index (χ4n) is 1.18. The average Bonchev–Trinajstić information content (AvgIpc) is 2.86. The predicted octanol–water partition coefficient (Wildman–Crippen LogP) is -0.789. The van der Waals surface area contributed by atoms with Crippen LogP contribution in [0.1, 0.15) is 0 Å². The van der Waals surface area contributed by atoms with Crippen molar-refractivity contribution in [2.75, 3.05) is 5.32 Å². The molecule has 0 radical (unpaired) electrons. The number of nitrogens with zero attached hydrogens (tertiary/aromatic N) is 2. The number of aliphatic carboxylic acids is 1. The smallest absolute Gasteiger partial charge is 0.336 e. The first-order valence-electron chi connectivity index (χ1n) is 4.26. The summed E-state index contributed by atoms with van der Waals surface area (Å²) < 4.78 is 6.20. The van der Waals surface area contributed by atoms with Gasteiger partial charge in [0.05, 0.1) is 0 Å². The summed E-state index contributed by atoms with van der Waals surface area (Å²) in [5.41, 5.74) is 0. The zero-order valence-corrected chi connectivity index (χ0v) is 7.88. The van der Waals surface area contributed by atoms with E-state index in [0.717, 1.165) is 0 Å². The number of aromatic nitrogens is 2. The fraction of sp³-hybridized carbons (Fsp3) is 0.375. The maximum Gasteiger partial charge on any atom is 0.336 e. The maximum absolute atomic E-state index is 11.4. The second-order valence-corrected chi connectivity index (χ2v) is 3.18. The minimum atomic E-state index is -1.13. The largest absolute Gasteiger partial charge is 0.479 e. The highest BCUT2D eigenvalue weighted by molar-refractivity contribution is 5.99. The van der Waals surface area contributed by atoms with Crippen LogP contribution in [0.5, 0.6) is 0 Å². The molecular weight excluding hydrogens is 202 g/mol. The lowest BCUT2D eigenvalue weighted by molar-refractivity contribution is -0.138. The van der Waals surface area contributed by atoms with Crippen molar-refractivity contribution >= 4 is 17.7 Å². The molecule has 15 heavy (non-hydrogen) atoms. The molecule has 1 fully saturated rings. The Bertz CT molecular complexity index is 414. The van der Waals surface area contributed by atoms with Gasteiger partial charge in [-0.25, -0.2) is 4.79 Å². The average molecular weight is 211 g/mol. The molecule has 0 bridgehead atoms. The monoisotopic (exact) mass is 211 g/mol. The molecule has 7 heteroatoms. The zero-order valence-electron chi connectivity index (χ0n) is 7.88. The molecule has 80 valence electrons. The lowest BCUT2D eigenvalue weighted by Gasteiger charge is -1.96. The summed E-state index contributed by atoms with van der Waals surface area (Å²) in [6.07, 6.45) is -0.254. The van der Waals surface area contributed by atoms with Crippen LogP contribution in [0.15, 0.2) is 12.3 Å². The van der Waals surface area contributed by atoms with E-state index in [2.05, 4.69) is 15.2 Å². The number of anilines is 1. The highest BCUT2D eigenvalue weighted by atomic mass is 16.6. The summed E-state index contributed by atoms with van der Waals surface area (Å²) in [4.78, 5) is 21.8. The van der Waals surface area contributed by atoms with Crippen molar-refractivity contribution in [1.29, 1.82) is 0 Å². The SMILES string of the molecule is Cn1ccc(NC(=O)C2OC2C(=O)O)n1. The number of carbonyl (C=O) groups excluding carboxylic acids is 1. The van der Waals surface area contributed by atoms with Crippen LogP contribution in [-0.2, 0) is 21.4 Å². The number of rotatable bonds is 3. The number of nitrogens with one attached hydrogen (secondary N) is 1. The van der Waals surface area contributed by atoms with E-state index in [4.69, 9.17) is 5.11 Å². The van der Waals surface area contributed by atoms with E-state index < -0.39 is 24.1 Å². The Kier molecular flexibility index (Phi) is 2.16. The number of aryl methyl sites for hydroxylation is 1.